The van der Waals surface area contributed by atoms with E-state index in [1.54, 1.807) is 17.9 Å². The van der Waals surface area contributed by atoms with Crippen LogP contribution < -0.4 is 5.32 Å². The van der Waals surface area contributed by atoms with Crippen LogP contribution in [0.2, 0.25) is 0 Å². The first-order chi connectivity index (χ1) is 8.58. The average molecular weight is 254 g/mol. The summed E-state index contributed by atoms with van der Waals surface area (Å²) in [5, 5.41) is 19.5. The van der Waals surface area contributed by atoms with E-state index in [0.717, 1.165) is 18.0 Å². The van der Waals surface area contributed by atoms with Crippen molar-refractivity contribution in [1.82, 2.24) is 20.1 Å². The number of halogens is 2. The van der Waals surface area contributed by atoms with Gasteiger partial charge in [-0.15, -0.1) is 10.2 Å². The second-order valence-corrected chi connectivity index (χ2v) is 3.87. The summed E-state index contributed by atoms with van der Waals surface area (Å²) < 4.78 is 27.9. The highest BCUT2D eigenvalue weighted by Crippen LogP contribution is 2.21. The maximum atomic E-state index is 13.1. The molecule has 0 fully saturated rings. The number of hydrogen-bond donors (Lipinski definition) is 2. The number of aromatic nitrogens is 3. The Morgan fingerprint density at radius 1 is 1.28 bits per heavy atom. The lowest BCUT2D eigenvalue weighted by Crippen LogP contribution is -2.16. The number of rotatable bonds is 4. The Balaban J connectivity index is 1.97. The first-order valence-electron chi connectivity index (χ1n) is 5.28. The number of aryl methyl sites for hydroxylation is 1. The Kier molecular flexibility index (Phi) is 3.52. The summed E-state index contributed by atoms with van der Waals surface area (Å²) in [7, 11) is 1.80. The van der Waals surface area contributed by atoms with E-state index in [2.05, 4.69) is 15.5 Å². The smallest absolute Gasteiger partial charge is 0.187 e. The fourth-order valence-corrected chi connectivity index (χ4v) is 1.51. The lowest BCUT2D eigenvalue weighted by molar-refractivity contribution is 0.395. The van der Waals surface area contributed by atoms with Gasteiger partial charge in [-0.25, -0.2) is 8.78 Å². The van der Waals surface area contributed by atoms with Crippen LogP contribution >= 0.6 is 0 Å². The normalized spacial score (nSPS) is 10.8. The highest BCUT2D eigenvalue weighted by molar-refractivity contribution is 5.29. The minimum Gasteiger partial charge on any atom is -0.503 e. The van der Waals surface area contributed by atoms with E-state index in [1.165, 1.54) is 0 Å². The van der Waals surface area contributed by atoms with E-state index in [9.17, 15) is 8.78 Å². The number of phenolic OH excluding ortho intramolecular Hbond substituents is 1. The van der Waals surface area contributed by atoms with Crippen LogP contribution in [-0.2, 0) is 20.1 Å². The SMILES string of the molecule is Cn1cnnc1CNCc1cc(F)c(O)c(F)c1. The van der Waals surface area contributed by atoms with Gasteiger partial charge in [0.05, 0.1) is 6.54 Å². The van der Waals surface area contributed by atoms with Crippen molar-refractivity contribution in [2.45, 2.75) is 13.1 Å². The molecule has 0 amide bonds. The number of benzene rings is 1. The Morgan fingerprint density at radius 2 is 1.94 bits per heavy atom. The molecule has 0 bridgehead atoms. The third kappa shape index (κ3) is 2.62. The van der Waals surface area contributed by atoms with Crippen LogP contribution in [0.1, 0.15) is 11.4 Å². The second-order valence-electron chi connectivity index (χ2n) is 3.87. The predicted molar refractivity (Wildman–Crippen MR) is 59.6 cm³/mol. The molecule has 0 aliphatic carbocycles. The average Bonchev–Trinajstić information content (AvgIpc) is 2.72. The van der Waals surface area contributed by atoms with Gasteiger partial charge in [-0.3, -0.25) is 0 Å². The molecular weight excluding hydrogens is 242 g/mol. The van der Waals surface area contributed by atoms with Crippen molar-refractivity contribution in [2.24, 2.45) is 7.05 Å². The zero-order valence-corrected chi connectivity index (χ0v) is 9.69. The van der Waals surface area contributed by atoms with Crippen LogP contribution in [0, 0.1) is 11.6 Å². The van der Waals surface area contributed by atoms with Crippen LogP contribution in [0.3, 0.4) is 0 Å². The van der Waals surface area contributed by atoms with E-state index in [4.69, 9.17) is 5.11 Å². The van der Waals surface area contributed by atoms with Gasteiger partial charge in [-0.1, -0.05) is 0 Å². The molecule has 1 aromatic heterocycles. The molecule has 1 heterocycles. The molecule has 2 aromatic rings. The van der Waals surface area contributed by atoms with Gasteiger partial charge in [0.25, 0.3) is 0 Å². The number of hydrogen-bond acceptors (Lipinski definition) is 4. The van der Waals surface area contributed by atoms with Crippen LogP contribution in [-0.4, -0.2) is 19.9 Å². The number of aromatic hydroxyl groups is 1. The van der Waals surface area contributed by atoms with Crippen molar-refractivity contribution in [2.75, 3.05) is 0 Å². The number of nitrogens with zero attached hydrogens (tertiary/aromatic N) is 3. The first-order valence-corrected chi connectivity index (χ1v) is 5.28. The van der Waals surface area contributed by atoms with Crippen molar-refractivity contribution in [3.8, 4) is 5.75 Å². The molecule has 96 valence electrons. The molecule has 2 rings (SSSR count). The predicted octanol–water partition coefficient (Wildman–Crippen LogP) is 1.09. The molecule has 0 spiro atoms. The number of phenols is 1. The third-order valence-electron chi connectivity index (χ3n) is 2.49. The maximum Gasteiger partial charge on any atom is 0.187 e. The quantitative estimate of drug-likeness (QED) is 0.857. The summed E-state index contributed by atoms with van der Waals surface area (Å²) in [4.78, 5) is 0. The van der Waals surface area contributed by atoms with E-state index < -0.39 is 17.4 Å². The van der Waals surface area contributed by atoms with E-state index in [1.807, 2.05) is 0 Å². The van der Waals surface area contributed by atoms with Gasteiger partial charge in [0, 0.05) is 13.6 Å². The zero-order chi connectivity index (χ0) is 13.1. The molecule has 0 aliphatic heterocycles. The molecule has 0 aliphatic rings. The maximum absolute atomic E-state index is 13.1. The first kappa shape index (κ1) is 12.4. The molecule has 7 heteroatoms. The Hall–Kier alpha value is -2.02. The van der Waals surface area contributed by atoms with Gasteiger partial charge in [0.15, 0.2) is 17.4 Å². The molecule has 5 nitrogen and oxygen atoms in total. The minimum atomic E-state index is -0.967. The van der Waals surface area contributed by atoms with Crippen molar-refractivity contribution in [1.29, 1.82) is 0 Å². The van der Waals surface area contributed by atoms with Crippen molar-refractivity contribution < 1.29 is 13.9 Å². The highest BCUT2D eigenvalue weighted by atomic mass is 19.1. The van der Waals surface area contributed by atoms with Gasteiger partial charge in [-0.05, 0) is 17.7 Å². The van der Waals surface area contributed by atoms with Gasteiger partial charge in [0.2, 0.25) is 0 Å². The van der Waals surface area contributed by atoms with E-state index >= 15 is 0 Å². The second kappa shape index (κ2) is 5.09. The molecule has 0 atom stereocenters. The van der Waals surface area contributed by atoms with Gasteiger partial charge < -0.3 is 15.0 Å². The summed E-state index contributed by atoms with van der Waals surface area (Å²) in [6.07, 6.45) is 1.57. The molecule has 2 N–H and O–H groups in total. The minimum absolute atomic E-state index is 0.265. The lowest BCUT2D eigenvalue weighted by Gasteiger charge is -2.06. The fourth-order valence-electron chi connectivity index (χ4n) is 1.51. The Labute approximate surface area is 102 Å². The Bertz CT molecular complexity index is 533. The summed E-state index contributed by atoms with van der Waals surface area (Å²) >= 11 is 0. The van der Waals surface area contributed by atoms with Crippen LogP contribution in [0.15, 0.2) is 18.5 Å². The third-order valence-corrected chi connectivity index (χ3v) is 2.49. The van der Waals surface area contributed by atoms with Crippen LogP contribution in [0.25, 0.3) is 0 Å². The van der Waals surface area contributed by atoms with Gasteiger partial charge >= 0.3 is 0 Å². The highest BCUT2D eigenvalue weighted by Gasteiger charge is 2.09. The van der Waals surface area contributed by atoms with Gasteiger partial charge in [-0.2, -0.15) is 0 Å². The standard InChI is InChI=1S/C11H12F2N4O/c1-17-6-15-16-10(17)5-14-4-7-2-8(12)11(18)9(13)3-7/h2-3,6,14,18H,4-5H2,1H3. The monoisotopic (exact) mass is 254 g/mol. The summed E-state index contributed by atoms with van der Waals surface area (Å²) in [5.41, 5.74) is 0.407. The largest absolute Gasteiger partial charge is 0.503 e. The molecule has 0 saturated heterocycles. The van der Waals surface area contributed by atoms with Crippen molar-refractivity contribution in [3.05, 3.63) is 41.5 Å². The van der Waals surface area contributed by atoms with Gasteiger partial charge in [0.1, 0.15) is 12.2 Å². The lowest BCUT2D eigenvalue weighted by atomic mass is 10.2. The van der Waals surface area contributed by atoms with E-state index in [0.29, 0.717) is 12.1 Å². The zero-order valence-electron chi connectivity index (χ0n) is 9.69. The fraction of sp³-hybridized carbons (Fsp3) is 0.273. The molecule has 0 radical (unpaired) electrons. The topological polar surface area (TPSA) is 63.0 Å². The molecule has 0 unspecified atom stereocenters. The molecular formula is C11H12F2N4O. The summed E-state index contributed by atoms with van der Waals surface area (Å²) in [5.74, 6) is -2.17. The summed E-state index contributed by atoms with van der Waals surface area (Å²) in [6, 6.07) is 2.17. The van der Waals surface area contributed by atoms with Crippen LogP contribution in [0.4, 0.5) is 8.78 Å². The van der Waals surface area contributed by atoms with Crippen molar-refractivity contribution in [3.63, 3.8) is 0 Å². The summed E-state index contributed by atoms with van der Waals surface area (Å²) in [6.45, 7) is 0.696. The number of nitrogens with one attached hydrogen (secondary N) is 1. The van der Waals surface area contributed by atoms with E-state index in [-0.39, 0.29) is 6.54 Å². The van der Waals surface area contributed by atoms with Crippen LogP contribution in [0.5, 0.6) is 5.75 Å². The van der Waals surface area contributed by atoms with Crippen molar-refractivity contribution >= 4 is 0 Å². The molecule has 18 heavy (non-hydrogen) atoms. The Morgan fingerprint density at radius 3 is 2.50 bits per heavy atom. The molecule has 1 aromatic carbocycles. The molecule has 0 saturated carbocycles.